The van der Waals surface area contributed by atoms with E-state index in [2.05, 4.69) is 4.42 Å². The van der Waals surface area contributed by atoms with Gasteiger partial charge in [-0.05, 0) is 19.1 Å². The third-order valence-corrected chi connectivity index (χ3v) is 5.53. The van der Waals surface area contributed by atoms with Gasteiger partial charge in [-0.2, -0.15) is 13.2 Å². The molecular formula is C18H19F3N2O4S. The van der Waals surface area contributed by atoms with E-state index in [1.807, 2.05) is 0 Å². The van der Waals surface area contributed by atoms with Crippen LogP contribution in [0.1, 0.15) is 21.9 Å². The Balaban J connectivity index is 2.45. The van der Waals surface area contributed by atoms with Gasteiger partial charge >= 0.3 is 6.18 Å². The second kappa shape index (κ2) is 7.70. The number of rotatable bonds is 6. The highest BCUT2D eigenvalue weighted by Gasteiger charge is 2.43. The molecule has 0 saturated heterocycles. The molecule has 1 aromatic carbocycles. The number of carbonyl (C=O) groups is 1. The van der Waals surface area contributed by atoms with Crippen molar-refractivity contribution < 1.29 is 30.8 Å². The summed E-state index contributed by atoms with van der Waals surface area (Å²) in [7, 11) is -0.00720. The summed E-state index contributed by atoms with van der Waals surface area (Å²) >= 11 is 0. The molecule has 0 unspecified atom stereocenters. The zero-order chi connectivity index (χ0) is 21.3. The summed E-state index contributed by atoms with van der Waals surface area (Å²) in [6.45, 7) is 1.23. The Morgan fingerprint density at radius 1 is 1.14 bits per heavy atom. The molecule has 0 radical (unpaired) electrons. The van der Waals surface area contributed by atoms with Crippen molar-refractivity contribution in [3.05, 3.63) is 59.7 Å². The number of sulfonamides is 1. The highest BCUT2D eigenvalue weighted by Crippen LogP contribution is 2.38. The van der Waals surface area contributed by atoms with Crippen molar-refractivity contribution in [3.63, 3.8) is 0 Å². The third kappa shape index (κ3) is 4.56. The maximum absolute atomic E-state index is 13.1. The Morgan fingerprint density at radius 2 is 1.79 bits per heavy atom. The molecule has 0 atom stereocenters. The Hall–Kier alpha value is -2.75. The average molecular weight is 416 g/mol. The van der Waals surface area contributed by atoms with Crippen molar-refractivity contribution >= 4 is 21.5 Å². The minimum absolute atomic E-state index is 0.0380. The fourth-order valence-electron chi connectivity index (χ4n) is 2.33. The van der Waals surface area contributed by atoms with Crippen LogP contribution >= 0.6 is 0 Å². The van der Waals surface area contributed by atoms with Gasteiger partial charge in [-0.3, -0.25) is 9.10 Å². The van der Waals surface area contributed by atoms with Crippen LogP contribution in [0.3, 0.4) is 0 Å². The Labute approximate surface area is 160 Å². The molecular weight excluding hydrogens is 397 g/mol. The van der Waals surface area contributed by atoms with Crippen molar-refractivity contribution in [2.24, 2.45) is 0 Å². The number of carbonyl (C=O) groups excluding carboxylic acids is 1. The number of nitrogens with zero attached hydrogens (tertiary/aromatic N) is 2. The van der Waals surface area contributed by atoms with Crippen LogP contribution in [0.5, 0.6) is 0 Å². The minimum atomic E-state index is -4.97. The van der Waals surface area contributed by atoms with Crippen LogP contribution in [0, 0.1) is 6.92 Å². The number of allylic oxidation sites excluding steroid dienone is 1. The van der Waals surface area contributed by atoms with Gasteiger partial charge in [0.2, 0.25) is 5.76 Å². The van der Waals surface area contributed by atoms with Gasteiger partial charge in [0.15, 0.2) is 5.78 Å². The molecule has 28 heavy (non-hydrogen) atoms. The van der Waals surface area contributed by atoms with Crippen molar-refractivity contribution in [1.29, 1.82) is 0 Å². The lowest BCUT2D eigenvalue weighted by molar-refractivity contribution is -0.155. The van der Waals surface area contributed by atoms with Gasteiger partial charge in [-0.1, -0.05) is 12.1 Å². The first-order valence-electron chi connectivity index (χ1n) is 7.99. The van der Waals surface area contributed by atoms with Gasteiger partial charge in [-0.15, -0.1) is 0 Å². The number of hydrogen-bond donors (Lipinski definition) is 0. The second-order valence-electron chi connectivity index (χ2n) is 6.21. The van der Waals surface area contributed by atoms with Crippen LogP contribution in [0.15, 0.2) is 51.9 Å². The van der Waals surface area contributed by atoms with Gasteiger partial charge < -0.3 is 9.32 Å². The smallest absolute Gasteiger partial charge is 0.450 e. The number of furan rings is 1. The first kappa shape index (κ1) is 21.5. The predicted octanol–water partition coefficient (Wildman–Crippen LogP) is 3.69. The van der Waals surface area contributed by atoms with E-state index in [-0.39, 0.29) is 22.8 Å². The van der Waals surface area contributed by atoms with Crippen LogP contribution in [0.25, 0.3) is 0 Å². The van der Waals surface area contributed by atoms with Gasteiger partial charge in [-0.25, -0.2) is 8.42 Å². The minimum Gasteiger partial charge on any atom is -0.455 e. The predicted molar refractivity (Wildman–Crippen MR) is 97.6 cm³/mol. The van der Waals surface area contributed by atoms with Crippen LogP contribution in [0.2, 0.25) is 0 Å². The van der Waals surface area contributed by atoms with E-state index in [4.69, 9.17) is 0 Å². The molecule has 10 heteroatoms. The summed E-state index contributed by atoms with van der Waals surface area (Å²) in [6, 6.07) is 6.42. The molecule has 0 spiro atoms. The first-order valence-corrected chi connectivity index (χ1v) is 9.43. The molecule has 1 heterocycles. The maximum Gasteiger partial charge on any atom is 0.450 e. The lowest BCUT2D eigenvalue weighted by atomic mass is 10.1. The fraction of sp³-hybridized carbons (Fsp3) is 0.278. The summed E-state index contributed by atoms with van der Waals surface area (Å²) in [6.07, 6.45) is -2.14. The Bertz CT molecular complexity index is 1010. The first-order chi connectivity index (χ1) is 12.8. The molecule has 0 aliphatic carbocycles. The van der Waals surface area contributed by atoms with Gasteiger partial charge in [0.1, 0.15) is 10.7 Å². The summed E-state index contributed by atoms with van der Waals surface area (Å²) in [5, 5.41) is 0. The zero-order valence-electron chi connectivity index (χ0n) is 15.6. The molecule has 152 valence electrons. The molecule has 0 N–H and O–H groups in total. The summed E-state index contributed by atoms with van der Waals surface area (Å²) in [5.41, 5.74) is 0.230. The molecule has 2 rings (SSSR count). The lowest BCUT2D eigenvalue weighted by Crippen LogP contribution is -2.28. The molecule has 1 aromatic heterocycles. The van der Waals surface area contributed by atoms with E-state index in [0.717, 1.165) is 13.1 Å². The summed E-state index contributed by atoms with van der Waals surface area (Å²) in [4.78, 5) is 12.9. The number of anilines is 1. The van der Waals surface area contributed by atoms with Crippen LogP contribution in [-0.4, -0.2) is 40.2 Å². The molecule has 0 saturated carbocycles. The normalized spacial score (nSPS) is 12.4. The number of halogens is 3. The van der Waals surface area contributed by atoms with Crippen LogP contribution in [-0.2, 0) is 16.2 Å². The standard InChI is InChI=1S/C18H19F3N2O4S/c1-12-10-16(17(27-12)18(19,20)21)28(25,26)23(4)14-7-5-6-13(11-14)15(24)8-9-22(2)3/h5-11H,1-4H3/b9-8+. The molecule has 2 aromatic rings. The largest absolute Gasteiger partial charge is 0.455 e. The monoisotopic (exact) mass is 416 g/mol. The van der Waals surface area contributed by atoms with E-state index >= 15 is 0 Å². The van der Waals surface area contributed by atoms with Crippen molar-refractivity contribution in [2.75, 3.05) is 25.4 Å². The van der Waals surface area contributed by atoms with Crippen molar-refractivity contribution in [3.8, 4) is 0 Å². The highest BCUT2D eigenvalue weighted by molar-refractivity contribution is 7.92. The number of aryl methyl sites for hydroxylation is 1. The zero-order valence-corrected chi connectivity index (χ0v) is 16.4. The molecule has 0 aliphatic rings. The van der Waals surface area contributed by atoms with Gasteiger partial charge in [0.25, 0.3) is 10.0 Å². The lowest BCUT2D eigenvalue weighted by Gasteiger charge is -2.20. The average Bonchev–Trinajstić information content (AvgIpc) is 3.02. The van der Waals surface area contributed by atoms with Crippen molar-refractivity contribution in [1.82, 2.24) is 4.90 Å². The topological polar surface area (TPSA) is 70.8 Å². The van der Waals surface area contributed by atoms with E-state index in [9.17, 15) is 26.4 Å². The number of benzene rings is 1. The summed E-state index contributed by atoms with van der Waals surface area (Å²) in [5.74, 6) is -2.15. The molecule has 0 fully saturated rings. The summed E-state index contributed by atoms with van der Waals surface area (Å²) < 4.78 is 70.2. The van der Waals surface area contributed by atoms with Gasteiger partial charge in [0, 0.05) is 45.0 Å². The van der Waals surface area contributed by atoms with Crippen LogP contribution in [0.4, 0.5) is 18.9 Å². The SMILES string of the molecule is Cc1cc(S(=O)(=O)N(C)c2cccc(C(=O)/C=C/N(C)C)c2)c(C(F)(F)F)o1. The molecule has 6 nitrogen and oxygen atoms in total. The fourth-order valence-corrected chi connectivity index (χ4v) is 3.73. The Kier molecular flexibility index (Phi) is 5.93. The van der Waals surface area contributed by atoms with E-state index in [0.29, 0.717) is 4.31 Å². The number of hydrogen-bond acceptors (Lipinski definition) is 5. The molecule has 0 amide bonds. The van der Waals surface area contributed by atoms with Crippen LogP contribution < -0.4 is 4.31 Å². The van der Waals surface area contributed by atoms with Crippen molar-refractivity contribution in [2.45, 2.75) is 18.0 Å². The number of ketones is 1. The van der Waals surface area contributed by atoms with E-state index in [1.54, 1.807) is 19.0 Å². The Morgan fingerprint density at radius 3 is 2.36 bits per heavy atom. The number of alkyl halides is 3. The maximum atomic E-state index is 13.1. The van der Waals surface area contributed by atoms with E-state index in [1.165, 1.54) is 43.5 Å². The molecule has 0 bridgehead atoms. The van der Waals surface area contributed by atoms with Gasteiger partial charge in [0.05, 0.1) is 5.69 Å². The highest BCUT2D eigenvalue weighted by atomic mass is 32.2. The molecule has 0 aliphatic heterocycles. The quantitative estimate of drug-likeness (QED) is 0.531. The third-order valence-electron chi connectivity index (χ3n) is 3.74. The second-order valence-corrected chi connectivity index (χ2v) is 8.15. The van der Waals surface area contributed by atoms with E-state index < -0.39 is 26.9 Å².